The van der Waals surface area contributed by atoms with Gasteiger partial charge in [-0.15, -0.1) is 0 Å². The number of aromatic nitrogens is 4. The molecule has 0 spiro atoms. The average molecular weight is 389 g/mol. The van der Waals surface area contributed by atoms with Gasteiger partial charge in [0.2, 0.25) is 0 Å². The highest BCUT2D eigenvalue weighted by Crippen LogP contribution is 2.34. The smallest absolute Gasteiger partial charge is 0.124 e. The third-order valence-corrected chi connectivity index (χ3v) is 4.76. The summed E-state index contributed by atoms with van der Waals surface area (Å²) >= 11 is 0. The second-order valence-electron chi connectivity index (χ2n) is 6.59. The highest BCUT2D eigenvalue weighted by atomic mass is 16.5. The lowest BCUT2D eigenvalue weighted by Crippen LogP contribution is -1.98. The van der Waals surface area contributed by atoms with Crippen molar-refractivity contribution in [2.24, 2.45) is 0 Å². The molecule has 0 aliphatic heterocycles. The van der Waals surface area contributed by atoms with Crippen LogP contribution in [0.15, 0.2) is 55.5 Å². The Bertz CT molecular complexity index is 1080. The Hall–Kier alpha value is -3.21. The van der Waals surface area contributed by atoms with Crippen molar-refractivity contribution in [3.63, 3.8) is 0 Å². The average Bonchev–Trinajstić information content (AvgIpc) is 3.17. The fraction of sp³-hybridized carbons (Fsp3) is 0.292. The maximum absolute atomic E-state index is 5.82. The van der Waals surface area contributed by atoms with E-state index in [1.165, 1.54) is 0 Å². The number of benzene rings is 1. The van der Waals surface area contributed by atoms with E-state index in [0.717, 1.165) is 57.7 Å². The number of aryl methyl sites for hydroxylation is 2. The minimum Gasteiger partial charge on any atom is -0.494 e. The van der Waals surface area contributed by atoms with Crippen molar-refractivity contribution in [1.82, 2.24) is 19.7 Å². The minimum absolute atomic E-state index is 0.628. The number of fused-ring (bicyclic) bond motifs is 1. The summed E-state index contributed by atoms with van der Waals surface area (Å²) in [4.78, 5) is 9.15. The Balaban J connectivity index is 2.29. The van der Waals surface area contributed by atoms with Crippen molar-refractivity contribution in [2.45, 2.75) is 40.7 Å². The van der Waals surface area contributed by atoms with Crippen LogP contribution in [-0.4, -0.2) is 26.4 Å². The first-order chi connectivity index (χ1) is 14.2. The van der Waals surface area contributed by atoms with Crippen LogP contribution in [0.3, 0.4) is 0 Å². The molecule has 0 bridgehead atoms. The minimum atomic E-state index is 0.628. The van der Waals surface area contributed by atoms with Crippen molar-refractivity contribution >= 4 is 16.5 Å². The van der Waals surface area contributed by atoms with E-state index in [0.29, 0.717) is 6.61 Å². The lowest BCUT2D eigenvalue weighted by atomic mass is 10.00. The summed E-state index contributed by atoms with van der Waals surface area (Å²) in [5, 5.41) is 5.81. The Morgan fingerprint density at radius 1 is 1.21 bits per heavy atom. The van der Waals surface area contributed by atoms with Crippen molar-refractivity contribution < 1.29 is 4.74 Å². The van der Waals surface area contributed by atoms with Gasteiger partial charge in [-0.25, -0.2) is 9.97 Å². The molecule has 0 fully saturated rings. The van der Waals surface area contributed by atoms with E-state index >= 15 is 0 Å². The molecule has 0 radical (unpaired) electrons. The van der Waals surface area contributed by atoms with Crippen molar-refractivity contribution in [1.29, 1.82) is 0 Å². The van der Waals surface area contributed by atoms with Gasteiger partial charge in [-0.1, -0.05) is 37.8 Å². The third kappa shape index (κ3) is 4.14. The molecule has 0 saturated heterocycles. The zero-order valence-corrected chi connectivity index (χ0v) is 17.6. The molecule has 2 heterocycles. The Kier molecular flexibility index (Phi) is 6.60. The van der Waals surface area contributed by atoms with Crippen molar-refractivity contribution in [2.75, 3.05) is 6.61 Å². The van der Waals surface area contributed by atoms with Gasteiger partial charge in [0.15, 0.2) is 0 Å². The molecule has 0 N–H and O–H groups in total. The van der Waals surface area contributed by atoms with Gasteiger partial charge < -0.3 is 4.74 Å². The van der Waals surface area contributed by atoms with Gasteiger partial charge in [0.1, 0.15) is 17.8 Å². The zero-order chi connectivity index (χ0) is 20.8. The van der Waals surface area contributed by atoms with E-state index in [2.05, 4.69) is 42.7 Å². The van der Waals surface area contributed by atoms with E-state index < -0.39 is 0 Å². The highest BCUT2D eigenvalue weighted by molar-refractivity contribution is 5.96. The van der Waals surface area contributed by atoms with Crippen LogP contribution in [0, 0.1) is 0 Å². The summed E-state index contributed by atoms with van der Waals surface area (Å²) in [6.45, 7) is 13.5. The first-order valence-corrected chi connectivity index (χ1v) is 10.1. The van der Waals surface area contributed by atoms with E-state index in [1.807, 2.05) is 42.8 Å². The van der Waals surface area contributed by atoms with Gasteiger partial charge in [-0.05, 0) is 38.8 Å². The largest absolute Gasteiger partial charge is 0.494 e. The standard InChI is InChI=1S/C24H28N4O/c1-6-11-18(12-7-2)23-20(15-28(9-4)27-23)24-19-13-17(8-3)22(29-10-5)14-21(19)25-16-26-24/h6-7,11-16H,1,8-10H2,2-5H3/b12-7-,18-11+. The second-order valence-corrected chi connectivity index (χ2v) is 6.59. The molecule has 29 heavy (non-hydrogen) atoms. The van der Waals surface area contributed by atoms with Crippen LogP contribution in [0.25, 0.3) is 27.7 Å². The Morgan fingerprint density at radius 2 is 2.03 bits per heavy atom. The first-order valence-electron chi connectivity index (χ1n) is 10.1. The predicted molar refractivity (Wildman–Crippen MR) is 120 cm³/mol. The summed E-state index contributed by atoms with van der Waals surface area (Å²) in [5.41, 5.74) is 5.76. The molecule has 0 aliphatic carbocycles. The number of rotatable bonds is 8. The van der Waals surface area contributed by atoms with Crippen LogP contribution in [-0.2, 0) is 13.0 Å². The van der Waals surface area contributed by atoms with E-state index in [4.69, 9.17) is 9.84 Å². The molecule has 1 aromatic carbocycles. The molecule has 0 atom stereocenters. The molecule has 0 aliphatic rings. The molecule has 0 unspecified atom stereocenters. The number of hydrogen-bond acceptors (Lipinski definition) is 4. The molecule has 3 aromatic rings. The summed E-state index contributed by atoms with van der Waals surface area (Å²) in [6, 6.07) is 4.16. The zero-order valence-electron chi connectivity index (χ0n) is 17.6. The highest BCUT2D eigenvalue weighted by Gasteiger charge is 2.18. The summed E-state index contributed by atoms with van der Waals surface area (Å²) < 4.78 is 7.76. The van der Waals surface area contributed by atoms with Crippen LogP contribution in [0.1, 0.15) is 39.0 Å². The topological polar surface area (TPSA) is 52.8 Å². The Morgan fingerprint density at radius 3 is 2.69 bits per heavy atom. The van der Waals surface area contributed by atoms with E-state index in [-0.39, 0.29) is 0 Å². The van der Waals surface area contributed by atoms with Gasteiger partial charge in [-0.2, -0.15) is 5.10 Å². The monoisotopic (exact) mass is 388 g/mol. The van der Waals surface area contributed by atoms with Crippen LogP contribution < -0.4 is 4.74 Å². The number of ether oxygens (including phenoxy) is 1. The van der Waals surface area contributed by atoms with Crippen molar-refractivity contribution in [3.05, 3.63) is 66.8 Å². The van der Waals surface area contributed by atoms with Crippen molar-refractivity contribution in [3.8, 4) is 17.0 Å². The SMILES string of the molecule is C=C/C=C(\C=C/C)c1nn(CC)cc1-c1ncnc2cc(OCC)c(CC)cc12. The molecule has 5 heteroatoms. The third-order valence-electron chi connectivity index (χ3n) is 4.76. The van der Waals surface area contributed by atoms with Gasteiger partial charge in [0.05, 0.1) is 17.8 Å². The van der Waals surface area contributed by atoms with Crippen LogP contribution in [0.5, 0.6) is 5.75 Å². The normalized spacial score (nSPS) is 12.1. The maximum atomic E-state index is 5.82. The molecule has 3 rings (SSSR count). The fourth-order valence-corrected chi connectivity index (χ4v) is 3.40. The fourth-order valence-electron chi connectivity index (χ4n) is 3.40. The summed E-state index contributed by atoms with van der Waals surface area (Å²) in [7, 11) is 0. The van der Waals surface area contributed by atoms with Crippen LogP contribution in [0.2, 0.25) is 0 Å². The molecular weight excluding hydrogens is 360 g/mol. The molecule has 0 saturated carbocycles. The first kappa shape index (κ1) is 20.5. The quantitative estimate of drug-likeness (QED) is 0.470. The molecule has 0 amide bonds. The van der Waals surface area contributed by atoms with E-state index in [1.54, 1.807) is 12.4 Å². The lowest BCUT2D eigenvalue weighted by molar-refractivity contribution is 0.337. The van der Waals surface area contributed by atoms with Gasteiger partial charge >= 0.3 is 0 Å². The number of hydrogen-bond donors (Lipinski definition) is 0. The molecule has 150 valence electrons. The number of nitrogens with zero attached hydrogens (tertiary/aromatic N) is 4. The summed E-state index contributed by atoms with van der Waals surface area (Å²) in [5.74, 6) is 0.887. The van der Waals surface area contributed by atoms with E-state index in [9.17, 15) is 0 Å². The van der Waals surface area contributed by atoms with Crippen LogP contribution >= 0.6 is 0 Å². The summed E-state index contributed by atoms with van der Waals surface area (Å²) in [6.07, 6.45) is 12.3. The van der Waals surface area contributed by atoms with Gasteiger partial charge in [-0.3, -0.25) is 4.68 Å². The molecule has 2 aromatic heterocycles. The van der Waals surface area contributed by atoms with Gasteiger partial charge in [0.25, 0.3) is 0 Å². The second kappa shape index (κ2) is 9.32. The van der Waals surface area contributed by atoms with Crippen LogP contribution in [0.4, 0.5) is 0 Å². The lowest BCUT2D eigenvalue weighted by Gasteiger charge is -2.12. The predicted octanol–water partition coefficient (Wildman–Crippen LogP) is 5.62. The Labute approximate surface area is 172 Å². The van der Waals surface area contributed by atoms with Gasteiger partial charge in [0, 0.05) is 35.3 Å². The molecular formula is C24H28N4O. The molecule has 5 nitrogen and oxygen atoms in total. The maximum Gasteiger partial charge on any atom is 0.124 e. The number of allylic oxidation sites excluding steroid dienone is 5.